The maximum Gasteiger partial charge on any atom is 0.319 e. The summed E-state index contributed by atoms with van der Waals surface area (Å²) >= 11 is 0. The van der Waals surface area contributed by atoms with Crippen LogP contribution >= 0.6 is 0 Å². The first-order valence-corrected chi connectivity index (χ1v) is 8.89. The number of hydrogen-bond acceptors (Lipinski definition) is 3. The van der Waals surface area contributed by atoms with Gasteiger partial charge in [0.25, 0.3) is 0 Å². The Bertz CT molecular complexity index is 679. The normalized spacial score (nSPS) is 15.6. The first-order valence-electron chi connectivity index (χ1n) is 8.89. The van der Waals surface area contributed by atoms with Gasteiger partial charge in [-0.15, -0.1) is 0 Å². The second-order valence-corrected chi connectivity index (χ2v) is 6.83. The van der Waals surface area contributed by atoms with E-state index in [0.29, 0.717) is 11.6 Å². The number of pyridine rings is 1. The van der Waals surface area contributed by atoms with Crippen LogP contribution in [0, 0.1) is 5.92 Å². The van der Waals surface area contributed by atoms with Gasteiger partial charge in [-0.2, -0.15) is 0 Å². The highest BCUT2D eigenvalue weighted by Gasteiger charge is 2.27. The number of benzene rings is 1. The first kappa shape index (κ1) is 17.3. The molecule has 1 fully saturated rings. The summed E-state index contributed by atoms with van der Waals surface area (Å²) in [6.45, 7) is 0. The summed E-state index contributed by atoms with van der Waals surface area (Å²) < 4.78 is 0. The van der Waals surface area contributed by atoms with Crippen LogP contribution in [0.4, 0.5) is 16.3 Å². The van der Waals surface area contributed by atoms with Crippen molar-refractivity contribution in [3.63, 3.8) is 0 Å². The number of urea groups is 1. The number of nitrogens with one attached hydrogen (secondary N) is 2. The van der Waals surface area contributed by atoms with Crippen LogP contribution in [0.25, 0.3) is 0 Å². The highest BCUT2D eigenvalue weighted by Crippen LogP contribution is 2.35. The summed E-state index contributed by atoms with van der Waals surface area (Å²) in [5.74, 6) is 1.36. The van der Waals surface area contributed by atoms with E-state index in [1.165, 1.54) is 31.2 Å². The molecule has 0 aliphatic heterocycles. The Morgan fingerprint density at radius 1 is 1.12 bits per heavy atom. The quantitative estimate of drug-likeness (QED) is 0.859. The van der Waals surface area contributed by atoms with Gasteiger partial charge >= 0.3 is 6.03 Å². The minimum Gasteiger partial charge on any atom is -0.363 e. The molecular formula is C20H26N4O. The van der Waals surface area contributed by atoms with Gasteiger partial charge in [-0.1, -0.05) is 43.2 Å². The summed E-state index contributed by atoms with van der Waals surface area (Å²) in [6.07, 6.45) is 6.50. The molecule has 0 saturated heterocycles. The molecular weight excluding hydrogens is 312 g/mol. The van der Waals surface area contributed by atoms with Crippen molar-refractivity contribution in [1.82, 2.24) is 10.3 Å². The zero-order valence-corrected chi connectivity index (χ0v) is 14.9. The molecule has 132 valence electrons. The van der Waals surface area contributed by atoms with E-state index < -0.39 is 0 Å². The summed E-state index contributed by atoms with van der Waals surface area (Å²) in [7, 11) is 3.88. The van der Waals surface area contributed by atoms with E-state index in [9.17, 15) is 4.79 Å². The predicted molar refractivity (Wildman–Crippen MR) is 102 cm³/mol. The van der Waals surface area contributed by atoms with Gasteiger partial charge in [-0.25, -0.2) is 9.78 Å². The van der Waals surface area contributed by atoms with Gasteiger partial charge in [0.15, 0.2) is 0 Å². The highest BCUT2D eigenvalue weighted by atomic mass is 16.2. The Morgan fingerprint density at radius 3 is 2.44 bits per heavy atom. The molecule has 0 bridgehead atoms. The van der Waals surface area contributed by atoms with E-state index in [-0.39, 0.29) is 12.1 Å². The molecule has 5 nitrogen and oxygen atoms in total. The maximum absolute atomic E-state index is 12.5. The molecule has 1 aliphatic carbocycles. The number of carbonyl (C=O) groups excluding carboxylic acids is 1. The monoisotopic (exact) mass is 338 g/mol. The van der Waals surface area contributed by atoms with Crippen molar-refractivity contribution in [3.8, 4) is 0 Å². The molecule has 0 unspecified atom stereocenters. The molecule has 0 radical (unpaired) electrons. The molecule has 3 rings (SSSR count). The molecule has 1 aromatic carbocycles. The lowest BCUT2D eigenvalue weighted by Gasteiger charge is -2.25. The standard InChI is InChI=1S/C20H26N4O/c1-24(2)18-13-12-17(14-21-18)22-20(25)23-19(16-10-6-7-11-16)15-8-4-3-5-9-15/h3-5,8-9,12-14,16,19H,6-7,10-11H2,1-2H3,(H2,22,23,25)/t19-/m0/s1. The fourth-order valence-corrected chi connectivity index (χ4v) is 3.46. The van der Waals surface area contributed by atoms with E-state index in [1.54, 1.807) is 6.20 Å². The smallest absolute Gasteiger partial charge is 0.319 e. The number of aromatic nitrogens is 1. The Morgan fingerprint density at radius 2 is 1.84 bits per heavy atom. The summed E-state index contributed by atoms with van der Waals surface area (Å²) in [5, 5.41) is 6.07. The average Bonchev–Trinajstić information content (AvgIpc) is 3.15. The molecule has 1 heterocycles. The van der Waals surface area contributed by atoms with Crippen molar-refractivity contribution in [1.29, 1.82) is 0 Å². The van der Waals surface area contributed by atoms with E-state index >= 15 is 0 Å². The summed E-state index contributed by atoms with van der Waals surface area (Å²) in [5.41, 5.74) is 1.87. The summed E-state index contributed by atoms with van der Waals surface area (Å²) in [4.78, 5) is 18.8. The zero-order chi connectivity index (χ0) is 17.6. The van der Waals surface area contributed by atoms with Crippen LogP contribution in [0.1, 0.15) is 37.3 Å². The van der Waals surface area contributed by atoms with Crippen LogP contribution in [0.5, 0.6) is 0 Å². The zero-order valence-electron chi connectivity index (χ0n) is 14.9. The Kier molecular flexibility index (Phi) is 5.53. The van der Waals surface area contributed by atoms with Crippen molar-refractivity contribution >= 4 is 17.5 Å². The molecule has 2 N–H and O–H groups in total. The minimum atomic E-state index is -0.180. The second kappa shape index (κ2) is 8.01. The van der Waals surface area contributed by atoms with Crippen molar-refractivity contribution < 1.29 is 4.79 Å². The van der Waals surface area contributed by atoms with Gasteiger partial charge in [0.05, 0.1) is 17.9 Å². The molecule has 1 aromatic heterocycles. The van der Waals surface area contributed by atoms with Crippen LogP contribution in [-0.4, -0.2) is 25.1 Å². The number of hydrogen-bond donors (Lipinski definition) is 2. The topological polar surface area (TPSA) is 57.3 Å². The lowest BCUT2D eigenvalue weighted by atomic mass is 9.92. The van der Waals surface area contributed by atoms with Crippen molar-refractivity contribution in [2.24, 2.45) is 5.92 Å². The number of amides is 2. The van der Waals surface area contributed by atoms with Gasteiger partial charge < -0.3 is 15.5 Å². The second-order valence-electron chi connectivity index (χ2n) is 6.83. The molecule has 1 aliphatic rings. The fourth-order valence-electron chi connectivity index (χ4n) is 3.46. The van der Waals surface area contributed by atoms with Gasteiger partial charge in [-0.05, 0) is 36.5 Å². The summed E-state index contributed by atoms with van der Waals surface area (Å²) in [6, 6.07) is 13.9. The molecule has 2 aromatic rings. The molecule has 0 spiro atoms. The largest absolute Gasteiger partial charge is 0.363 e. The van der Waals surface area contributed by atoms with E-state index in [1.807, 2.05) is 49.3 Å². The van der Waals surface area contributed by atoms with Gasteiger partial charge in [0, 0.05) is 14.1 Å². The third kappa shape index (κ3) is 4.50. The average molecular weight is 338 g/mol. The van der Waals surface area contributed by atoms with E-state index in [2.05, 4.69) is 27.8 Å². The third-order valence-electron chi connectivity index (χ3n) is 4.78. The molecule has 25 heavy (non-hydrogen) atoms. The number of anilines is 2. The molecule has 1 atom stereocenters. The molecule has 1 saturated carbocycles. The fraction of sp³-hybridized carbons (Fsp3) is 0.400. The van der Waals surface area contributed by atoms with E-state index in [0.717, 1.165) is 5.82 Å². The SMILES string of the molecule is CN(C)c1ccc(NC(=O)N[C@@H](c2ccccc2)C2CCCC2)cn1. The van der Waals surface area contributed by atoms with Gasteiger partial charge in [0.2, 0.25) is 0 Å². The minimum absolute atomic E-state index is 0.0534. The Balaban J connectivity index is 1.67. The lowest BCUT2D eigenvalue weighted by Crippen LogP contribution is -2.36. The van der Waals surface area contributed by atoms with Crippen LogP contribution in [0.3, 0.4) is 0 Å². The van der Waals surface area contributed by atoms with Crippen molar-refractivity contribution in [3.05, 3.63) is 54.2 Å². The molecule has 5 heteroatoms. The lowest BCUT2D eigenvalue weighted by molar-refractivity contribution is 0.242. The van der Waals surface area contributed by atoms with Crippen LogP contribution < -0.4 is 15.5 Å². The van der Waals surface area contributed by atoms with Gasteiger partial charge in [0.1, 0.15) is 5.82 Å². The maximum atomic E-state index is 12.5. The number of nitrogens with zero attached hydrogens (tertiary/aromatic N) is 2. The van der Waals surface area contributed by atoms with E-state index in [4.69, 9.17) is 0 Å². The Hall–Kier alpha value is -2.56. The number of rotatable bonds is 5. The van der Waals surface area contributed by atoms with Crippen LogP contribution in [-0.2, 0) is 0 Å². The van der Waals surface area contributed by atoms with Gasteiger partial charge in [-0.3, -0.25) is 0 Å². The molecule has 2 amide bonds. The Labute approximate surface area is 149 Å². The predicted octanol–water partition coefficient (Wildman–Crippen LogP) is 4.20. The third-order valence-corrected chi connectivity index (χ3v) is 4.78. The van der Waals surface area contributed by atoms with Crippen molar-refractivity contribution in [2.75, 3.05) is 24.3 Å². The van der Waals surface area contributed by atoms with Crippen LogP contribution in [0.15, 0.2) is 48.7 Å². The first-order chi connectivity index (χ1) is 12.1. The van der Waals surface area contributed by atoms with Crippen molar-refractivity contribution in [2.45, 2.75) is 31.7 Å². The number of carbonyl (C=O) groups is 1. The van der Waals surface area contributed by atoms with Crippen LogP contribution in [0.2, 0.25) is 0 Å². The highest BCUT2D eigenvalue weighted by molar-refractivity contribution is 5.89.